The van der Waals surface area contributed by atoms with E-state index in [0.29, 0.717) is 12.1 Å². The van der Waals surface area contributed by atoms with E-state index in [1.54, 1.807) is 18.6 Å². The number of ether oxygens (including phenoxy) is 1. The lowest BCUT2D eigenvalue weighted by Gasteiger charge is -2.39. The van der Waals surface area contributed by atoms with Crippen molar-refractivity contribution in [3.8, 4) is 28.0 Å². The molecule has 7 heteroatoms. The third kappa shape index (κ3) is 4.07. The van der Waals surface area contributed by atoms with Gasteiger partial charge in [0.1, 0.15) is 17.9 Å². The minimum Gasteiger partial charge on any atom is -0.506 e. The lowest BCUT2D eigenvalue weighted by atomic mass is 9.89. The third-order valence-corrected chi connectivity index (χ3v) is 7.32. The molecule has 0 unspecified atom stereocenters. The number of morpholine rings is 1. The summed E-state index contributed by atoms with van der Waals surface area (Å²) in [6.45, 7) is 3.86. The number of hydrogen-bond donors (Lipinski definition) is 2. The zero-order chi connectivity index (χ0) is 22.2. The van der Waals surface area contributed by atoms with Gasteiger partial charge in [-0.3, -0.25) is 9.88 Å². The molecule has 2 N–H and O–H groups in total. The molecule has 1 saturated heterocycles. The van der Waals surface area contributed by atoms with Gasteiger partial charge in [0.15, 0.2) is 0 Å². The zero-order valence-corrected chi connectivity index (χ0v) is 18.7. The molecule has 0 bridgehead atoms. The minimum absolute atomic E-state index is 0.173. The Labute approximate surface area is 193 Å². The Bertz CT molecular complexity index is 1150. The molecule has 3 heterocycles. The number of benzene rings is 1. The molecule has 0 amide bonds. The average molecular weight is 444 g/mol. The number of nitrogens with zero attached hydrogens (tertiary/aromatic N) is 4. The summed E-state index contributed by atoms with van der Waals surface area (Å²) in [5, 5.41) is 13.6. The van der Waals surface area contributed by atoms with E-state index in [2.05, 4.69) is 43.4 Å². The summed E-state index contributed by atoms with van der Waals surface area (Å²) in [6.07, 6.45) is 10.5. The quantitative estimate of drug-likeness (QED) is 0.495. The summed E-state index contributed by atoms with van der Waals surface area (Å²) < 4.78 is 5.52. The molecule has 170 valence electrons. The Morgan fingerprint density at radius 3 is 2.64 bits per heavy atom. The van der Waals surface area contributed by atoms with Crippen LogP contribution in [0.1, 0.15) is 36.9 Å². The van der Waals surface area contributed by atoms with Gasteiger partial charge in [-0.15, -0.1) is 0 Å². The Morgan fingerprint density at radius 1 is 0.970 bits per heavy atom. The van der Waals surface area contributed by atoms with E-state index in [0.717, 1.165) is 73.8 Å². The maximum absolute atomic E-state index is 9.85. The van der Waals surface area contributed by atoms with Crippen molar-refractivity contribution in [2.45, 2.75) is 44.2 Å². The van der Waals surface area contributed by atoms with E-state index >= 15 is 0 Å². The monoisotopic (exact) mass is 443 g/mol. The molecule has 1 aliphatic heterocycles. The zero-order valence-electron chi connectivity index (χ0n) is 18.7. The first kappa shape index (κ1) is 20.6. The lowest BCUT2D eigenvalue weighted by Crippen LogP contribution is -2.46. The normalized spacial score (nSPS) is 22.5. The number of fused-ring (bicyclic) bond motifs is 3. The predicted octanol–water partition coefficient (Wildman–Crippen LogP) is 3.87. The van der Waals surface area contributed by atoms with Gasteiger partial charge in [0, 0.05) is 48.9 Å². The fourth-order valence-corrected chi connectivity index (χ4v) is 5.58. The SMILES string of the molecule is Oc1cncc(-c2ccc3c(c2)-c2c(ncnc2NC2CCC(N4CCOCC4)CC2)C3)c1. The van der Waals surface area contributed by atoms with E-state index in [-0.39, 0.29) is 5.75 Å². The van der Waals surface area contributed by atoms with Crippen molar-refractivity contribution in [2.75, 3.05) is 31.6 Å². The highest BCUT2D eigenvalue weighted by atomic mass is 16.5. The number of anilines is 1. The van der Waals surface area contributed by atoms with Gasteiger partial charge >= 0.3 is 0 Å². The van der Waals surface area contributed by atoms with Crippen LogP contribution in [0.3, 0.4) is 0 Å². The van der Waals surface area contributed by atoms with Crippen molar-refractivity contribution in [1.29, 1.82) is 0 Å². The van der Waals surface area contributed by atoms with Crippen molar-refractivity contribution in [3.05, 3.63) is 54.2 Å². The third-order valence-electron chi connectivity index (χ3n) is 7.32. The second-order valence-electron chi connectivity index (χ2n) is 9.32. The van der Waals surface area contributed by atoms with Crippen molar-refractivity contribution < 1.29 is 9.84 Å². The maximum Gasteiger partial charge on any atom is 0.137 e. The van der Waals surface area contributed by atoms with Gasteiger partial charge in [0.2, 0.25) is 0 Å². The first-order chi connectivity index (χ1) is 16.2. The molecule has 3 aromatic rings. The van der Waals surface area contributed by atoms with Gasteiger partial charge in [-0.05, 0) is 54.5 Å². The van der Waals surface area contributed by atoms with Crippen LogP contribution < -0.4 is 5.32 Å². The molecule has 0 radical (unpaired) electrons. The fraction of sp³-hybridized carbons (Fsp3) is 0.423. The first-order valence-electron chi connectivity index (χ1n) is 11.9. The lowest BCUT2D eigenvalue weighted by molar-refractivity contribution is 0.00791. The van der Waals surface area contributed by atoms with E-state index < -0.39 is 0 Å². The standard InChI is InChI=1S/C26H29N5O2/c32-22-11-19(14-27-15-22)17-1-2-18-13-24-25(23(18)12-17)26(29-16-28-24)30-20-3-5-21(6-4-20)31-7-9-33-10-8-31/h1-2,11-12,14-16,20-21,32H,3-10,13H2,(H,28,29,30). The van der Waals surface area contributed by atoms with Gasteiger partial charge in [-0.25, -0.2) is 9.97 Å². The highest BCUT2D eigenvalue weighted by molar-refractivity contribution is 5.86. The van der Waals surface area contributed by atoms with Gasteiger partial charge in [0.05, 0.1) is 25.1 Å². The Morgan fingerprint density at radius 2 is 1.82 bits per heavy atom. The molecule has 0 atom stereocenters. The molecule has 3 aliphatic rings. The number of aromatic nitrogens is 3. The molecular weight excluding hydrogens is 414 g/mol. The molecule has 1 saturated carbocycles. The van der Waals surface area contributed by atoms with Crippen molar-refractivity contribution in [3.63, 3.8) is 0 Å². The van der Waals surface area contributed by atoms with E-state index in [4.69, 9.17) is 4.74 Å². The summed E-state index contributed by atoms with van der Waals surface area (Å²) >= 11 is 0. The largest absolute Gasteiger partial charge is 0.506 e. The fourth-order valence-electron chi connectivity index (χ4n) is 5.58. The molecule has 7 nitrogen and oxygen atoms in total. The summed E-state index contributed by atoms with van der Waals surface area (Å²) in [6, 6.07) is 9.30. The van der Waals surface area contributed by atoms with E-state index in [9.17, 15) is 5.11 Å². The van der Waals surface area contributed by atoms with Crippen LogP contribution in [-0.4, -0.2) is 63.3 Å². The highest BCUT2D eigenvalue weighted by Crippen LogP contribution is 2.42. The Hall–Kier alpha value is -3.03. The number of rotatable bonds is 4. The van der Waals surface area contributed by atoms with Crippen molar-refractivity contribution in [1.82, 2.24) is 19.9 Å². The summed E-state index contributed by atoms with van der Waals surface area (Å²) in [5.41, 5.74) is 6.58. The van der Waals surface area contributed by atoms with Gasteiger partial charge in [-0.2, -0.15) is 0 Å². The van der Waals surface area contributed by atoms with Gasteiger partial charge in [-0.1, -0.05) is 12.1 Å². The topological polar surface area (TPSA) is 83.4 Å². The smallest absolute Gasteiger partial charge is 0.137 e. The van der Waals surface area contributed by atoms with Crippen molar-refractivity contribution >= 4 is 5.82 Å². The minimum atomic E-state index is 0.173. The Balaban J connectivity index is 1.22. The first-order valence-corrected chi connectivity index (χ1v) is 11.9. The van der Waals surface area contributed by atoms with Crippen molar-refractivity contribution in [2.24, 2.45) is 0 Å². The molecule has 2 aliphatic carbocycles. The van der Waals surface area contributed by atoms with Crippen LogP contribution in [-0.2, 0) is 11.2 Å². The number of hydrogen-bond acceptors (Lipinski definition) is 7. The number of aromatic hydroxyl groups is 1. The number of pyridine rings is 1. The Kier molecular flexibility index (Phi) is 5.44. The van der Waals surface area contributed by atoms with E-state index in [1.165, 1.54) is 30.2 Å². The molecule has 1 aromatic carbocycles. The molecule has 2 fully saturated rings. The molecule has 33 heavy (non-hydrogen) atoms. The predicted molar refractivity (Wildman–Crippen MR) is 127 cm³/mol. The van der Waals surface area contributed by atoms with Crippen LogP contribution in [0.4, 0.5) is 5.82 Å². The van der Waals surface area contributed by atoms with Crippen LogP contribution in [0.2, 0.25) is 0 Å². The summed E-state index contributed by atoms with van der Waals surface area (Å²) in [5.74, 6) is 1.12. The highest BCUT2D eigenvalue weighted by Gasteiger charge is 2.29. The molecule has 6 rings (SSSR count). The van der Waals surface area contributed by atoms with Crippen LogP contribution in [0.5, 0.6) is 5.75 Å². The van der Waals surface area contributed by atoms with Crippen LogP contribution >= 0.6 is 0 Å². The average Bonchev–Trinajstić information content (AvgIpc) is 3.24. The maximum atomic E-state index is 9.85. The summed E-state index contributed by atoms with van der Waals surface area (Å²) in [7, 11) is 0. The van der Waals surface area contributed by atoms with Gasteiger partial charge < -0.3 is 15.2 Å². The van der Waals surface area contributed by atoms with E-state index in [1.807, 2.05) is 0 Å². The second kappa shape index (κ2) is 8.72. The van der Waals surface area contributed by atoms with Crippen LogP contribution in [0.25, 0.3) is 22.3 Å². The van der Waals surface area contributed by atoms with Crippen LogP contribution in [0, 0.1) is 0 Å². The number of nitrogens with one attached hydrogen (secondary N) is 1. The molecule has 2 aromatic heterocycles. The van der Waals surface area contributed by atoms with Gasteiger partial charge in [0.25, 0.3) is 0 Å². The van der Waals surface area contributed by atoms with Crippen LogP contribution in [0.15, 0.2) is 43.0 Å². The second-order valence-corrected chi connectivity index (χ2v) is 9.32. The molecular formula is C26H29N5O2. The molecule has 0 spiro atoms. The summed E-state index contributed by atoms with van der Waals surface area (Å²) in [4.78, 5) is 16.0.